The van der Waals surface area contributed by atoms with Crippen molar-refractivity contribution in [3.05, 3.63) is 29.3 Å². The summed E-state index contributed by atoms with van der Waals surface area (Å²) in [5, 5.41) is 13.4. The van der Waals surface area contributed by atoms with Crippen LogP contribution in [0.3, 0.4) is 0 Å². The molecule has 10 nitrogen and oxygen atoms in total. The van der Waals surface area contributed by atoms with Crippen LogP contribution in [-0.2, 0) is 9.59 Å². The molecule has 2 aromatic rings. The van der Waals surface area contributed by atoms with E-state index >= 15 is 0 Å². The van der Waals surface area contributed by atoms with Crippen LogP contribution in [0.4, 0.5) is 16.3 Å². The van der Waals surface area contributed by atoms with Crippen molar-refractivity contribution in [2.75, 3.05) is 49.9 Å². The molecule has 0 aliphatic carbocycles. The molecule has 0 radical (unpaired) electrons. The van der Waals surface area contributed by atoms with Crippen LogP contribution < -0.4 is 16.0 Å². The number of nitrogens with one attached hydrogen (secondary N) is 1. The summed E-state index contributed by atoms with van der Waals surface area (Å²) in [5.74, 6) is -0.991. The van der Waals surface area contributed by atoms with Crippen LogP contribution in [0, 0.1) is 0 Å². The molecule has 3 amide bonds. The van der Waals surface area contributed by atoms with Gasteiger partial charge in [-0.1, -0.05) is 11.6 Å². The third-order valence-corrected chi connectivity index (χ3v) is 6.32. The number of nitrogen functional groups attached to an aromatic ring is 1. The molecule has 33 heavy (non-hydrogen) atoms. The second kappa shape index (κ2) is 9.70. The molecule has 0 spiro atoms. The van der Waals surface area contributed by atoms with Crippen LogP contribution in [0.15, 0.2) is 24.3 Å². The number of piperazine rings is 1. The Labute approximate surface area is 196 Å². The van der Waals surface area contributed by atoms with Gasteiger partial charge in [0.25, 0.3) is 0 Å². The number of benzene rings is 1. The minimum absolute atomic E-state index is 0.309. The van der Waals surface area contributed by atoms with Gasteiger partial charge in [0, 0.05) is 54.9 Å². The first-order chi connectivity index (χ1) is 15.8. The van der Waals surface area contributed by atoms with E-state index in [0.717, 1.165) is 29.4 Å². The molecule has 1 atom stereocenters. The maximum absolute atomic E-state index is 12.9. The van der Waals surface area contributed by atoms with Gasteiger partial charge in [0.05, 0.1) is 5.52 Å². The number of fused-ring (bicyclic) bond motifs is 1. The highest BCUT2D eigenvalue weighted by Gasteiger charge is 2.31. The number of halogens is 1. The molecule has 4 rings (SSSR count). The summed E-state index contributed by atoms with van der Waals surface area (Å²) in [6.45, 7) is 2.19. The Hall–Kier alpha value is -3.27. The van der Waals surface area contributed by atoms with Crippen LogP contribution in [0.2, 0.25) is 5.02 Å². The maximum atomic E-state index is 12.9. The van der Waals surface area contributed by atoms with Crippen LogP contribution in [0.25, 0.3) is 10.9 Å². The number of aliphatic carboxylic acids is 1. The summed E-state index contributed by atoms with van der Waals surface area (Å²) in [6.07, 6.45) is 1.98. The molecule has 176 valence electrons. The van der Waals surface area contributed by atoms with Gasteiger partial charge in [-0.15, -0.1) is 0 Å². The predicted molar refractivity (Wildman–Crippen MR) is 125 cm³/mol. The van der Waals surface area contributed by atoms with Gasteiger partial charge < -0.3 is 30.9 Å². The number of carbonyl (C=O) groups is 3. The first kappa shape index (κ1) is 22.9. The van der Waals surface area contributed by atoms with Crippen molar-refractivity contribution in [2.24, 2.45) is 0 Å². The molecular formula is C22H27ClN6O4. The number of pyridine rings is 1. The van der Waals surface area contributed by atoms with Crippen LogP contribution in [-0.4, -0.2) is 83.1 Å². The smallest absolute Gasteiger partial charge is 0.323 e. The first-order valence-electron chi connectivity index (χ1n) is 11.0. The van der Waals surface area contributed by atoms with Gasteiger partial charge in [-0.25, -0.2) is 9.78 Å². The molecular weight excluding hydrogens is 448 g/mol. The number of carboxylic acid groups (broad SMARTS) is 1. The largest absolute Gasteiger partial charge is 0.480 e. The van der Waals surface area contributed by atoms with Crippen molar-refractivity contribution in [3.63, 3.8) is 0 Å². The number of nitrogens with zero attached hydrogens (tertiary/aromatic N) is 4. The van der Waals surface area contributed by atoms with E-state index in [-0.39, 0.29) is 18.5 Å². The van der Waals surface area contributed by atoms with E-state index < -0.39 is 12.0 Å². The van der Waals surface area contributed by atoms with Crippen molar-refractivity contribution < 1.29 is 19.5 Å². The number of amides is 3. The molecule has 0 saturated carbocycles. The quantitative estimate of drug-likeness (QED) is 0.615. The number of nitrogens with two attached hydrogens (primary N) is 1. The lowest BCUT2D eigenvalue weighted by Gasteiger charge is -2.37. The fourth-order valence-corrected chi connectivity index (χ4v) is 4.58. The molecule has 2 saturated heterocycles. The number of likely N-dealkylation sites (tertiary alicyclic amines) is 1. The van der Waals surface area contributed by atoms with E-state index in [1.807, 2.05) is 18.2 Å². The summed E-state index contributed by atoms with van der Waals surface area (Å²) in [5.41, 5.74) is 7.66. The number of rotatable bonds is 4. The molecule has 0 unspecified atom stereocenters. The highest BCUT2D eigenvalue weighted by atomic mass is 35.5. The van der Waals surface area contributed by atoms with Crippen molar-refractivity contribution >= 4 is 51.9 Å². The molecule has 11 heteroatoms. The number of carbonyl (C=O) groups excluding carboxylic acids is 2. The van der Waals surface area contributed by atoms with Crippen molar-refractivity contribution in [1.82, 2.24) is 20.1 Å². The number of carboxylic acids is 1. The standard InChI is InChI=1S/C22H27ClN6O4/c23-14-4-5-15-17(11-14)25-19(24)12-18(15)27-7-9-28(10-8-27)22(33)26-16-3-1-2-6-29(21(16)32)13-20(30)31/h4-5,11-12,16H,1-3,6-10,13H2,(H2,24,25)(H,26,33)(H,30,31)/t16-/m0/s1. The van der Waals surface area contributed by atoms with E-state index in [1.165, 1.54) is 4.90 Å². The number of aromatic nitrogens is 1. The number of urea groups is 1. The van der Waals surface area contributed by atoms with Crippen molar-refractivity contribution in [2.45, 2.75) is 25.3 Å². The lowest BCUT2D eigenvalue weighted by atomic mass is 10.1. The summed E-state index contributed by atoms with van der Waals surface area (Å²) in [4.78, 5) is 46.1. The van der Waals surface area contributed by atoms with Gasteiger partial charge in [-0.3, -0.25) is 9.59 Å². The van der Waals surface area contributed by atoms with Gasteiger partial charge in [-0.05, 0) is 37.5 Å². The molecule has 4 N–H and O–H groups in total. The van der Waals surface area contributed by atoms with E-state index in [4.69, 9.17) is 22.4 Å². The minimum Gasteiger partial charge on any atom is -0.480 e. The fourth-order valence-electron chi connectivity index (χ4n) is 4.41. The third-order valence-electron chi connectivity index (χ3n) is 6.08. The Morgan fingerprint density at radius 1 is 1.15 bits per heavy atom. The number of hydrogen-bond acceptors (Lipinski definition) is 6. The summed E-state index contributed by atoms with van der Waals surface area (Å²) in [6, 6.07) is 6.32. The Bertz CT molecular complexity index is 1070. The maximum Gasteiger partial charge on any atom is 0.323 e. The molecule has 3 heterocycles. The number of anilines is 2. The fraction of sp³-hybridized carbons (Fsp3) is 0.455. The zero-order valence-corrected chi connectivity index (χ0v) is 18.9. The molecule has 0 bridgehead atoms. The van der Waals surface area contributed by atoms with Gasteiger partial charge >= 0.3 is 12.0 Å². The van der Waals surface area contributed by atoms with Gasteiger partial charge in [0.15, 0.2) is 0 Å². The number of hydrogen-bond donors (Lipinski definition) is 3. The first-order valence-corrected chi connectivity index (χ1v) is 11.4. The van der Waals surface area contributed by atoms with E-state index in [2.05, 4.69) is 15.2 Å². The van der Waals surface area contributed by atoms with Crippen molar-refractivity contribution in [1.29, 1.82) is 0 Å². The molecule has 2 fully saturated rings. The second-order valence-corrected chi connectivity index (χ2v) is 8.79. The summed E-state index contributed by atoms with van der Waals surface area (Å²) >= 11 is 6.10. The molecule has 2 aliphatic heterocycles. The van der Waals surface area contributed by atoms with Gasteiger partial charge in [0.1, 0.15) is 18.4 Å². The topological polar surface area (TPSA) is 132 Å². The Morgan fingerprint density at radius 3 is 2.64 bits per heavy atom. The molecule has 1 aromatic heterocycles. The predicted octanol–water partition coefficient (Wildman–Crippen LogP) is 1.77. The zero-order valence-electron chi connectivity index (χ0n) is 18.2. The van der Waals surface area contributed by atoms with Crippen LogP contribution in [0.1, 0.15) is 19.3 Å². The minimum atomic E-state index is -1.06. The lowest BCUT2D eigenvalue weighted by molar-refractivity contribution is -0.144. The second-order valence-electron chi connectivity index (χ2n) is 8.35. The Morgan fingerprint density at radius 2 is 1.91 bits per heavy atom. The highest BCUT2D eigenvalue weighted by molar-refractivity contribution is 6.31. The Balaban J connectivity index is 1.40. The molecule has 2 aliphatic rings. The van der Waals surface area contributed by atoms with E-state index in [1.54, 1.807) is 11.0 Å². The van der Waals surface area contributed by atoms with E-state index in [9.17, 15) is 14.4 Å². The van der Waals surface area contributed by atoms with Crippen molar-refractivity contribution in [3.8, 4) is 0 Å². The monoisotopic (exact) mass is 474 g/mol. The average Bonchev–Trinajstić information content (AvgIpc) is 2.94. The summed E-state index contributed by atoms with van der Waals surface area (Å²) in [7, 11) is 0. The normalized spacial score (nSPS) is 19.5. The third kappa shape index (κ3) is 5.22. The van der Waals surface area contributed by atoms with Gasteiger partial charge in [0.2, 0.25) is 5.91 Å². The van der Waals surface area contributed by atoms with E-state index in [0.29, 0.717) is 50.0 Å². The zero-order chi connectivity index (χ0) is 23.5. The average molecular weight is 475 g/mol. The van der Waals surface area contributed by atoms with Crippen LogP contribution >= 0.6 is 11.6 Å². The van der Waals surface area contributed by atoms with Gasteiger partial charge in [-0.2, -0.15) is 0 Å². The SMILES string of the molecule is Nc1cc(N2CCN(C(=O)N[C@H]3CCCCN(CC(=O)O)C3=O)CC2)c2ccc(Cl)cc2n1. The lowest BCUT2D eigenvalue weighted by Crippen LogP contribution is -2.56. The van der Waals surface area contributed by atoms with Crippen LogP contribution in [0.5, 0.6) is 0 Å². The molecule has 1 aromatic carbocycles. The summed E-state index contributed by atoms with van der Waals surface area (Å²) < 4.78 is 0. The highest BCUT2D eigenvalue weighted by Crippen LogP contribution is 2.30. The Kier molecular flexibility index (Phi) is 6.73.